The zero-order valence-corrected chi connectivity index (χ0v) is 11.6. The topological polar surface area (TPSA) is 57.6 Å². The number of nitrogens with zero attached hydrogens (tertiary/aromatic N) is 1. The van der Waals surface area contributed by atoms with Crippen LogP contribution < -0.4 is 0 Å². The maximum absolute atomic E-state index is 12.0. The second-order valence-electron chi connectivity index (χ2n) is 3.75. The molecule has 0 aliphatic rings. The summed E-state index contributed by atoms with van der Waals surface area (Å²) in [6.45, 7) is 2.83. The van der Waals surface area contributed by atoms with Crippen molar-refractivity contribution < 1.29 is 13.5 Å². The highest BCUT2D eigenvalue weighted by Gasteiger charge is 2.20. The monoisotopic (exact) mass is 277 g/mol. The molecule has 4 nitrogen and oxygen atoms in total. The van der Waals surface area contributed by atoms with Crippen molar-refractivity contribution in [3.63, 3.8) is 0 Å². The van der Waals surface area contributed by atoms with Crippen LogP contribution in [0.1, 0.15) is 24.6 Å². The Kier molecular flexibility index (Phi) is 6.11. The van der Waals surface area contributed by atoms with Crippen LogP contribution in [-0.4, -0.2) is 36.7 Å². The van der Waals surface area contributed by atoms with Gasteiger partial charge < -0.3 is 5.11 Å². The van der Waals surface area contributed by atoms with Gasteiger partial charge in [0.25, 0.3) is 0 Å². The molecular weight excluding hydrogens is 258 g/mol. The lowest BCUT2D eigenvalue weighted by molar-refractivity contribution is 0.286. The van der Waals surface area contributed by atoms with E-state index >= 15 is 0 Å². The lowest BCUT2D eigenvalue weighted by Crippen LogP contribution is -2.32. The van der Waals surface area contributed by atoms with Gasteiger partial charge in [0.2, 0.25) is 10.0 Å². The number of aliphatic hydroxyl groups is 1. The van der Waals surface area contributed by atoms with Gasteiger partial charge in [-0.15, -0.1) is 11.3 Å². The highest BCUT2D eigenvalue weighted by atomic mass is 32.2. The van der Waals surface area contributed by atoms with Gasteiger partial charge in [-0.1, -0.05) is 13.0 Å². The minimum atomic E-state index is -3.19. The quantitative estimate of drug-likeness (QED) is 0.735. The van der Waals surface area contributed by atoms with E-state index in [0.29, 0.717) is 25.9 Å². The Balaban J connectivity index is 2.59. The number of unbranched alkanes of at least 4 members (excludes halogenated alkanes) is 1. The van der Waals surface area contributed by atoms with Gasteiger partial charge in [-0.05, 0) is 24.3 Å². The number of rotatable bonds is 8. The first kappa shape index (κ1) is 14.6. The third-order valence-corrected chi connectivity index (χ3v) is 5.31. The molecule has 0 radical (unpaired) electrons. The maximum Gasteiger partial charge on any atom is 0.214 e. The smallest absolute Gasteiger partial charge is 0.214 e. The first-order chi connectivity index (χ1) is 8.10. The molecule has 0 unspecified atom stereocenters. The van der Waals surface area contributed by atoms with E-state index in [-0.39, 0.29) is 12.4 Å². The predicted octanol–water partition coefficient (Wildman–Crippen LogP) is 1.67. The van der Waals surface area contributed by atoms with Crippen molar-refractivity contribution in [2.24, 2.45) is 0 Å². The molecule has 0 amide bonds. The Bertz CT molecular complexity index is 400. The molecule has 17 heavy (non-hydrogen) atoms. The van der Waals surface area contributed by atoms with E-state index in [9.17, 15) is 8.42 Å². The summed E-state index contributed by atoms with van der Waals surface area (Å²) in [4.78, 5) is 1.05. The fourth-order valence-electron chi connectivity index (χ4n) is 1.51. The van der Waals surface area contributed by atoms with E-state index in [1.54, 1.807) is 11.3 Å². The molecule has 1 rings (SSSR count). The van der Waals surface area contributed by atoms with Crippen molar-refractivity contribution in [1.29, 1.82) is 0 Å². The van der Waals surface area contributed by atoms with Crippen LogP contribution in [0.15, 0.2) is 17.5 Å². The van der Waals surface area contributed by atoms with E-state index in [1.807, 2.05) is 24.4 Å². The van der Waals surface area contributed by atoms with Gasteiger partial charge in [0.1, 0.15) is 0 Å². The van der Waals surface area contributed by atoms with Crippen LogP contribution in [0, 0.1) is 0 Å². The summed E-state index contributed by atoms with van der Waals surface area (Å²) in [5, 5.41) is 10.6. The highest BCUT2D eigenvalue weighted by Crippen LogP contribution is 2.15. The van der Waals surface area contributed by atoms with Gasteiger partial charge in [-0.2, -0.15) is 4.31 Å². The molecule has 6 heteroatoms. The van der Waals surface area contributed by atoms with E-state index in [0.717, 1.165) is 4.88 Å². The third kappa shape index (κ3) is 4.75. The maximum atomic E-state index is 12.0. The van der Waals surface area contributed by atoms with Gasteiger partial charge in [0, 0.05) is 24.6 Å². The number of hydrogen-bond acceptors (Lipinski definition) is 4. The second-order valence-corrected chi connectivity index (χ2v) is 6.87. The molecule has 0 aliphatic heterocycles. The highest BCUT2D eigenvalue weighted by molar-refractivity contribution is 7.89. The molecule has 0 spiro atoms. The van der Waals surface area contributed by atoms with Crippen LogP contribution in [0.4, 0.5) is 0 Å². The fourth-order valence-corrected chi connectivity index (χ4v) is 3.87. The Morgan fingerprint density at radius 2 is 2.18 bits per heavy atom. The van der Waals surface area contributed by atoms with E-state index in [2.05, 4.69) is 0 Å². The Hall–Kier alpha value is -0.430. The first-order valence-electron chi connectivity index (χ1n) is 5.71. The number of aliphatic hydroxyl groups excluding tert-OH is 1. The molecule has 0 atom stereocenters. The summed E-state index contributed by atoms with van der Waals surface area (Å²) >= 11 is 1.56. The summed E-state index contributed by atoms with van der Waals surface area (Å²) in [5.74, 6) is 0.118. The molecule has 1 N–H and O–H groups in total. The van der Waals surface area contributed by atoms with E-state index < -0.39 is 10.0 Å². The standard InChI is InChI=1S/C11H19NO3S2/c1-2-12(10-11-6-5-8-16-11)17(14,15)9-4-3-7-13/h5-6,8,13H,2-4,7,9-10H2,1H3. The average Bonchev–Trinajstić information content (AvgIpc) is 2.78. The number of sulfonamides is 1. The van der Waals surface area contributed by atoms with Gasteiger partial charge in [0.05, 0.1) is 5.75 Å². The molecule has 98 valence electrons. The molecule has 0 aromatic carbocycles. The largest absolute Gasteiger partial charge is 0.396 e. The first-order valence-corrected chi connectivity index (χ1v) is 8.20. The SMILES string of the molecule is CCN(Cc1cccs1)S(=O)(=O)CCCCO. The lowest BCUT2D eigenvalue weighted by atomic mass is 10.4. The zero-order chi connectivity index (χ0) is 12.7. The van der Waals surface area contributed by atoms with Crippen LogP contribution in [0.2, 0.25) is 0 Å². The molecule has 0 fully saturated rings. The van der Waals surface area contributed by atoms with Crippen molar-refractivity contribution >= 4 is 21.4 Å². The van der Waals surface area contributed by atoms with Gasteiger partial charge in [-0.3, -0.25) is 0 Å². The normalized spacial score (nSPS) is 12.2. The molecule has 0 saturated carbocycles. The molecule has 1 aromatic heterocycles. The molecule has 0 aliphatic carbocycles. The third-order valence-electron chi connectivity index (χ3n) is 2.47. The average molecular weight is 277 g/mol. The van der Waals surface area contributed by atoms with Gasteiger partial charge in [-0.25, -0.2) is 8.42 Å². The van der Waals surface area contributed by atoms with Crippen molar-refractivity contribution in [2.75, 3.05) is 18.9 Å². The van der Waals surface area contributed by atoms with E-state index in [4.69, 9.17) is 5.11 Å². The Labute approximate surface area is 107 Å². The van der Waals surface area contributed by atoms with Crippen LogP contribution in [0.5, 0.6) is 0 Å². The summed E-state index contributed by atoms with van der Waals surface area (Å²) in [7, 11) is -3.19. The van der Waals surface area contributed by atoms with Crippen molar-refractivity contribution in [2.45, 2.75) is 26.3 Å². The number of hydrogen-bond donors (Lipinski definition) is 1. The minimum Gasteiger partial charge on any atom is -0.396 e. The predicted molar refractivity (Wildman–Crippen MR) is 70.5 cm³/mol. The summed E-state index contributed by atoms with van der Waals surface area (Å²) < 4.78 is 25.5. The minimum absolute atomic E-state index is 0.0482. The summed E-state index contributed by atoms with van der Waals surface area (Å²) in [6.07, 6.45) is 1.05. The Morgan fingerprint density at radius 3 is 2.71 bits per heavy atom. The van der Waals surface area contributed by atoms with Crippen LogP contribution in [0.3, 0.4) is 0 Å². The summed E-state index contributed by atoms with van der Waals surface area (Å²) in [5.41, 5.74) is 0. The molecular formula is C11H19NO3S2. The van der Waals surface area contributed by atoms with Crippen LogP contribution >= 0.6 is 11.3 Å². The zero-order valence-electron chi connectivity index (χ0n) is 10.0. The number of thiophene rings is 1. The molecule has 1 aromatic rings. The second kappa shape index (κ2) is 7.10. The van der Waals surface area contributed by atoms with E-state index in [1.165, 1.54) is 4.31 Å². The van der Waals surface area contributed by atoms with Crippen LogP contribution in [0.25, 0.3) is 0 Å². The summed E-state index contributed by atoms with van der Waals surface area (Å²) in [6, 6.07) is 3.86. The van der Waals surface area contributed by atoms with Gasteiger partial charge >= 0.3 is 0 Å². The molecule has 1 heterocycles. The fraction of sp³-hybridized carbons (Fsp3) is 0.636. The van der Waals surface area contributed by atoms with Crippen molar-refractivity contribution in [3.8, 4) is 0 Å². The lowest BCUT2D eigenvalue weighted by Gasteiger charge is -2.19. The van der Waals surface area contributed by atoms with Gasteiger partial charge in [0.15, 0.2) is 0 Å². The Morgan fingerprint density at radius 1 is 1.41 bits per heavy atom. The van der Waals surface area contributed by atoms with Crippen molar-refractivity contribution in [3.05, 3.63) is 22.4 Å². The molecule has 0 saturated heterocycles. The van der Waals surface area contributed by atoms with Crippen LogP contribution in [-0.2, 0) is 16.6 Å². The van der Waals surface area contributed by atoms with Crippen molar-refractivity contribution in [1.82, 2.24) is 4.31 Å². The molecule has 0 bridgehead atoms.